The first kappa shape index (κ1) is 25.4. The number of hydrogen-bond donors (Lipinski definition) is 0. The van der Waals surface area contributed by atoms with Gasteiger partial charge in [0.25, 0.3) is 0 Å². The highest BCUT2D eigenvalue weighted by Gasteiger charge is 2.69. The molecule has 7 heteroatoms. The van der Waals surface area contributed by atoms with E-state index in [0.29, 0.717) is 6.61 Å². The molecule has 28 heavy (non-hydrogen) atoms. The number of likely N-dealkylation sites (tertiary alicyclic amines) is 1. The number of carbonyl (C=O) groups excluding carboxylic acids is 2. The van der Waals surface area contributed by atoms with Gasteiger partial charge in [-0.05, 0) is 53.0 Å². The van der Waals surface area contributed by atoms with E-state index in [1.165, 1.54) is 0 Å². The molecule has 0 aromatic carbocycles. The Labute approximate surface area is 176 Å². The standard InChI is InChI=1S/C21H43NO4Si2/c1-12-25-17(23)14(2)16-21(28(10)11,18(24)22(16)20(7,8)9)15(3)26-27-13-19(4,5)6/h14-16,28H,12-13,27H2,1-11H3/t14?,15-,16+,21-/m1/s1. The fourth-order valence-corrected chi connectivity index (χ4v) is 8.86. The van der Waals surface area contributed by atoms with E-state index >= 15 is 0 Å². The monoisotopic (exact) mass is 429 g/mol. The highest BCUT2D eigenvalue weighted by atomic mass is 28.3. The van der Waals surface area contributed by atoms with E-state index in [-0.39, 0.29) is 40.9 Å². The molecule has 164 valence electrons. The second kappa shape index (κ2) is 9.00. The van der Waals surface area contributed by atoms with Gasteiger partial charge in [-0.1, -0.05) is 33.9 Å². The lowest BCUT2D eigenvalue weighted by molar-refractivity contribution is -0.180. The molecule has 1 aliphatic heterocycles. The first-order valence-corrected chi connectivity index (χ1v) is 15.2. The Morgan fingerprint density at radius 3 is 2.14 bits per heavy atom. The van der Waals surface area contributed by atoms with Crippen LogP contribution in [-0.4, -0.2) is 59.6 Å². The van der Waals surface area contributed by atoms with Crippen LogP contribution in [0.15, 0.2) is 0 Å². The summed E-state index contributed by atoms with van der Waals surface area (Å²) in [4.78, 5) is 28.2. The third kappa shape index (κ3) is 4.90. The third-order valence-corrected chi connectivity index (χ3v) is 11.5. The molecule has 0 aliphatic carbocycles. The van der Waals surface area contributed by atoms with Crippen molar-refractivity contribution >= 4 is 30.4 Å². The molecule has 5 nitrogen and oxygen atoms in total. The highest BCUT2D eigenvalue weighted by molar-refractivity contribution is 6.66. The van der Waals surface area contributed by atoms with E-state index in [4.69, 9.17) is 9.16 Å². The van der Waals surface area contributed by atoms with Crippen LogP contribution >= 0.6 is 0 Å². The van der Waals surface area contributed by atoms with Gasteiger partial charge in [-0.15, -0.1) is 0 Å². The summed E-state index contributed by atoms with van der Waals surface area (Å²) in [6.07, 6.45) is -0.152. The third-order valence-electron chi connectivity index (χ3n) is 6.06. The van der Waals surface area contributed by atoms with Gasteiger partial charge in [-0.3, -0.25) is 9.59 Å². The normalized spacial score (nSPS) is 25.9. The van der Waals surface area contributed by atoms with Gasteiger partial charge in [-0.2, -0.15) is 0 Å². The molecule has 1 amide bonds. The van der Waals surface area contributed by atoms with Crippen LogP contribution < -0.4 is 0 Å². The van der Waals surface area contributed by atoms with Crippen molar-refractivity contribution < 1.29 is 18.8 Å². The lowest BCUT2D eigenvalue weighted by Gasteiger charge is -2.65. The fourth-order valence-electron chi connectivity index (χ4n) is 4.52. The summed E-state index contributed by atoms with van der Waals surface area (Å²) < 4.78 is 11.8. The van der Waals surface area contributed by atoms with E-state index in [2.05, 4.69) is 40.8 Å². The number of esters is 1. The molecule has 0 radical (unpaired) electrons. The van der Waals surface area contributed by atoms with Gasteiger partial charge in [0.1, 0.15) is 0 Å². The Morgan fingerprint density at radius 2 is 1.75 bits per heavy atom. The zero-order chi connectivity index (χ0) is 22.1. The molecule has 1 heterocycles. The summed E-state index contributed by atoms with van der Waals surface area (Å²) in [5.41, 5.74) is -0.0924. The minimum atomic E-state index is -1.50. The van der Waals surface area contributed by atoms with Crippen molar-refractivity contribution in [2.75, 3.05) is 6.61 Å². The van der Waals surface area contributed by atoms with Crippen LogP contribution in [0.3, 0.4) is 0 Å². The summed E-state index contributed by atoms with van der Waals surface area (Å²) in [7, 11) is -2.24. The Kier molecular flexibility index (Phi) is 8.16. The summed E-state index contributed by atoms with van der Waals surface area (Å²) in [6, 6.07) is 0.909. The molecule has 1 fully saturated rings. The molecule has 1 saturated heterocycles. The Morgan fingerprint density at radius 1 is 1.21 bits per heavy atom. The first-order chi connectivity index (χ1) is 12.6. The van der Waals surface area contributed by atoms with Crippen molar-refractivity contribution in [3.8, 4) is 0 Å². The van der Waals surface area contributed by atoms with Crippen LogP contribution in [0.4, 0.5) is 0 Å². The van der Waals surface area contributed by atoms with Crippen LogP contribution in [0, 0.1) is 11.3 Å². The van der Waals surface area contributed by atoms with E-state index in [1.54, 1.807) is 0 Å². The van der Waals surface area contributed by atoms with Crippen LogP contribution in [0.5, 0.6) is 0 Å². The molecule has 0 bridgehead atoms. The lowest BCUT2D eigenvalue weighted by atomic mass is 9.72. The molecule has 1 aliphatic rings. The van der Waals surface area contributed by atoms with Crippen molar-refractivity contribution in [3.05, 3.63) is 0 Å². The molecule has 0 N–H and O–H groups in total. The topological polar surface area (TPSA) is 55.8 Å². The zero-order valence-electron chi connectivity index (χ0n) is 20.0. The highest BCUT2D eigenvalue weighted by Crippen LogP contribution is 2.57. The number of hydrogen-bond acceptors (Lipinski definition) is 4. The van der Waals surface area contributed by atoms with Crippen molar-refractivity contribution in [2.45, 2.75) is 104 Å². The second-order valence-electron chi connectivity index (χ2n) is 10.7. The number of ether oxygens (including phenoxy) is 1. The Bertz CT molecular complexity index is 568. The molecule has 0 aromatic rings. The van der Waals surface area contributed by atoms with E-state index in [0.717, 1.165) is 6.04 Å². The minimum Gasteiger partial charge on any atom is -0.466 e. The van der Waals surface area contributed by atoms with Crippen LogP contribution in [-0.2, 0) is 18.8 Å². The second-order valence-corrected chi connectivity index (χ2v) is 15.2. The minimum absolute atomic E-state index is 0.152. The molecular formula is C21H43NO4Si2. The Hall–Kier alpha value is -0.666. The van der Waals surface area contributed by atoms with E-state index < -0.39 is 23.6 Å². The quantitative estimate of drug-likeness (QED) is 0.337. The maximum atomic E-state index is 13.6. The maximum absolute atomic E-state index is 13.6. The van der Waals surface area contributed by atoms with Crippen LogP contribution in [0.1, 0.15) is 62.3 Å². The molecule has 0 aromatic heterocycles. The SMILES string of the molecule is CCOC(=O)C(C)[C@@H]1N(C(C)(C)C)C(=O)[C@]1([C@@H](C)O[SiH2]CC(C)(C)C)[SiH](C)C. The lowest BCUT2D eigenvalue weighted by Crippen LogP contribution is -2.78. The number of nitrogens with zero attached hydrogens (tertiary/aromatic N) is 1. The number of β-lactam (4-membered cyclic amide) rings is 1. The van der Waals surface area contributed by atoms with E-state index in [1.807, 2.05) is 39.5 Å². The van der Waals surface area contributed by atoms with Gasteiger partial charge in [-0.25, -0.2) is 0 Å². The first-order valence-electron chi connectivity index (χ1n) is 10.7. The van der Waals surface area contributed by atoms with Gasteiger partial charge in [0.05, 0.1) is 38.5 Å². The molecule has 0 spiro atoms. The summed E-state index contributed by atoms with van der Waals surface area (Å²) in [5.74, 6) is -0.408. The number of rotatable bonds is 8. The molecular weight excluding hydrogens is 386 g/mol. The van der Waals surface area contributed by atoms with Crippen LogP contribution in [0.2, 0.25) is 24.2 Å². The fraction of sp³-hybridized carbons (Fsp3) is 0.905. The van der Waals surface area contributed by atoms with E-state index in [9.17, 15) is 9.59 Å². The van der Waals surface area contributed by atoms with Gasteiger partial charge in [0, 0.05) is 5.54 Å². The molecule has 0 saturated carbocycles. The summed E-state index contributed by atoms with van der Waals surface area (Å²) in [5, 5.41) is -0.551. The predicted octanol–water partition coefficient (Wildman–Crippen LogP) is 3.38. The molecule has 1 unspecified atom stereocenters. The Balaban J connectivity index is 3.27. The van der Waals surface area contributed by atoms with Crippen molar-refractivity contribution in [1.82, 2.24) is 4.90 Å². The zero-order valence-corrected chi connectivity index (χ0v) is 22.6. The number of amides is 1. The smallest absolute Gasteiger partial charge is 0.310 e. The predicted molar refractivity (Wildman–Crippen MR) is 121 cm³/mol. The van der Waals surface area contributed by atoms with Crippen molar-refractivity contribution in [3.63, 3.8) is 0 Å². The maximum Gasteiger partial charge on any atom is 0.310 e. The summed E-state index contributed by atoms with van der Waals surface area (Å²) >= 11 is 0. The van der Waals surface area contributed by atoms with Gasteiger partial charge in [0.2, 0.25) is 5.91 Å². The van der Waals surface area contributed by atoms with Gasteiger partial charge >= 0.3 is 5.97 Å². The van der Waals surface area contributed by atoms with Crippen molar-refractivity contribution in [1.29, 1.82) is 0 Å². The molecule has 4 atom stereocenters. The van der Waals surface area contributed by atoms with Crippen molar-refractivity contribution in [2.24, 2.45) is 11.3 Å². The van der Waals surface area contributed by atoms with Gasteiger partial charge < -0.3 is 14.1 Å². The molecule has 1 rings (SSSR count). The largest absolute Gasteiger partial charge is 0.466 e. The summed E-state index contributed by atoms with van der Waals surface area (Å²) in [6.45, 7) is 23.4. The average Bonchev–Trinajstić information content (AvgIpc) is 2.49. The van der Waals surface area contributed by atoms with Gasteiger partial charge in [0.15, 0.2) is 9.76 Å². The average molecular weight is 430 g/mol. The number of carbonyl (C=O) groups is 2. The van der Waals surface area contributed by atoms with Crippen LogP contribution in [0.25, 0.3) is 0 Å².